The van der Waals surface area contributed by atoms with Gasteiger partial charge >= 0.3 is 0 Å². The third-order valence-corrected chi connectivity index (χ3v) is 5.11. The predicted octanol–water partition coefficient (Wildman–Crippen LogP) is 4.94. The van der Waals surface area contributed by atoms with Crippen LogP contribution in [0.5, 0.6) is 0 Å². The van der Waals surface area contributed by atoms with Gasteiger partial charge in [0.15, 0.2) is 5.65 Å². The molecular weight excluding hydrogens is 402 g/mol. The summed E-state index contributed by atoms with van der Waals surface area (Å²) in [7, 11) is 0. The average molecular weight is 425 g/mol. The number of nitrogens with zero attached hydrogens (tertiary/aromatic N) is 4. The highest BCUT2D eigenvalue weighted by Crippen LogP contribution is 2.31. The average Bonchev–Trinajstić information content (AvgIpc) is 3.35. The molecule has 0 aromatic carbocycles. The zero-order valence-corrected chi connectivity index (χ0v) is 18.1. The summed E-state index contributed by atoms with van der Waals surface area (Å²) in [5.41, 5.74) is 5.46. The van der Waals surface area contributed by atoms with Crippen LogP contribution in [0.1, 0.15) is 27.2 Å². The van der Waals surface area contributed by atoms with Gasteiger partial charge in [-0.15, -0.1) is 0 Å². The zero-order valence-electron chi connectivity index (χ0n) is 18.1. The van der Waals surface area contributed by atoms with Crippen LogP contribution in [-0.2, 0) is 4.79 Å². The van der Waals surface area contributed by atoms with E-state index in [1.54, 1.807) is 24.8 Å². The van der Waals surface area contributed by atoms with Gasteiger partial charge in [0.05, 0.1) is 17.6 Å². The van der Waals surface area contributed by atoms with Gasteiger partial charge in [-0.25, -0.2) is 9.97 Å². The lowest BCUT2D eigenvalue weighted by molar-refractivity contribution is -0.117. The van der Waals surface area contributed by atoms with Crippen molar-refractivity contribution in [2.45, 2.75) is 27.2 Å². The Labute approximate surface area is 184 Å². The van der Waals surface area contributed by atoms with E-state index in [2.05, 4.69) is 35.5 Å². The maximum Gasteiger partial charge on any atom is 0.224 e. The maximum atomic E-state index is 12.3. The van der Waals surface area contributed by atoms with Crippen LogP contribution in [0.15, 0.2) is 55.1 Å². The second-order valence-electron chi connectivity index (χ2n) is 9.06. The highest BCUT2D eigenvalue weighted by atomic mass is 16.1. The number of nitrogens with one attached hydrogen (secondary N) is 3. The summed E-state index contributed by atoms with van der Waals surface area (Å²) in [5, 5.41) is 12.3. The number of fused-ring (bicyclic) bond motifs is 2. The minimum Gasteiger partial charge on any atom is -0.338 e. The van der Waals surface area contributed by atoms with Crippen molar-refractivity contribution < 1.29 is 4.79 Å². The first kappa shape index (κ1) is 19.9. The number of hydrogen-bond donors (Lipinski definition) is 3. The van der Waals surface area contributed by atoms with Gasteiger partial charge in [0, 0.05) is 46.9 Å². The lowest BCUT2D eigenvalue weighted by Gasteiger charge is -2.17. The predicted molar refractivity (Wildman–Crippen MR) is 125 cm³/mol. The third kappa shape index (κ3) is 3.94. The lowest BCUT2D eigenvalue weighted by atomic mass is 9.92. The number of amides is 1. The molecule has 5 heterocycles. The van der Waals surface area contributed by atoms with Crippen LogP contribution in [-0.4, -0.2) is 36.0 Å². The second-order valence-corrected chi connectivity index (χ2v) is 9.06. The molecule has 0 radical (unpaired) electrons. The van der Waals surface area contributed by atoms with E-state index in [0.717, 1.165) is 38.9 Å². The minimum atomic E-state index is -0.0834. The number of rotatable bonds is 4. The van der Waals surface area contributed by atoms with Crippen molar-refractivity contribution in [3.63, 3.8) is 0 Å². The fourth-order valence-electron chi connectivity index (χ4n) is 3.71. The molecule has 0 aliphatic rings. The van der Waals surface area contributed by atoms with Gasteiger partial charge < -0.3 is 10.3 Å². The van der Waals surface area contributed by atoms with E-state index in [1.165, 1.54) is 0 Å². The lowest BCUT2D eigenvalue weighted by Crippen LogP contribution is -2.19. The highest BCUT2D eigenvalue weighted by Gasteiger charge is 2.17. The van der Waals surface area contributed by atoms with Gasteiger partial charge in [-0.05, 0) is 35.7 Å². The summed E-state index contributed by atoms with van der Waals surface area (Å²) < 4.78 is 0. The molecule has 5 rings (SSSR count). The first-order chi connectivity index (χ1) is 15.4. The molecule has 5 aromatic heterocycles. The first-order valence-corrected chi connectivity index (χ1v) is 10.4. The van der Waals surface area contributed by atoms with Crippen molar-refractivity contribution >= 4 is 33.7 Å². The standard InChI is InChI=1S/C24H23N7O/c1-24(2,3)10-20(32)28-17-7-15(11-25-13-17)16-8-18-21(30-31-23(18)27-12-16)19-9-14-5-4-6-26-22(14)29-19/h4-9,11-13H,10H2,1-3H3,(H,26,29)(H,28,32)(H,27,30,31). The van der Waals surface area contributed by atoms with Crippen LogP contribution in [0.25, 0.3) is 44.6 Å². The Morgan fingerprint density at radius 3 is 2.69 bits per heavy atom. The number of aromatic nitrogens is 6. The molecule has 8 nitrogen and oxygen atoms in total. The summed E-state index contributed by atoms with van der Waals surface area (Å²) in [6.07, 6.45) is 7.37. The van der Waals surface area contributed by atoms with Gasteiger partial charge in [-0.3, -0.25) is 14.9 Å². The normalized spacial score (nSPS) is 11.8. The fourth-order valence-corrected chi connectivity index (χ4v) is 3.71. The quantitative estimate of drug-likeness (QED) is 0.378. The molecule has 3 N–H and O–H groups in total. The number of anilines is 1. The SMILES string of the molecule is CC(C)(C)CC(=O)Nc1cncc(-c2cnc3[nH]nc(-c4cc5cccnc5[nH]4)c3c2)c1. The van der Waals surface area contributed by atoms with E-state index in [-0.39, 0.29) is 11.3 Å². The molecule has 0 spiro atoms. The van der Waals surface area contributed by atoms with Crippen molar-refractivity contribution in [2.75, 3.05) is 5.32 Å². The van der Waals surface area contributed by atoms with Crippen LogP contribution in [0.3, 0.4) is 0 Å². The largest absolute Gasteiger partial charge is 0.338 e. The van der Waals surface area contributed by atoms with Crippen molar-refractivity contribution in [3.05, 3.63) is 55.1 Å². The Morgan fingerprint density at radius 2 is 1.88 bits per heavy atom. The van der Waals surface area contributed by atoms with Crippen LogP contribution >= 0.6 is 0 Å². The monoisotopic (exact) mass is 425 g/mol. The molecule has 1 amide bonds. The molecule has 0 aliphatic carbocycles. The van der Waals surface area contributed by atoms with E-state index in [1.807, 2.05) is 51.1 Å². The number of hydrogen-bond acceptors (Lipinski definition) is 5. The Kier molecular flexibility index (Phi) is 4.70. The Balaban J connectivity index is 1.49. The second kappa shape index (κ2) is 7.56. The van der Waals surface area contributed by atoms with E-state index < -0.39 is 0 Å². The molecule has 0 saturated heterocycles. The van der Waals surface area contributed by atoms with E-state index in [9.17, 15) is 4.79 Å². The zero-order chi connectivity index (χ0) is 22.3. The summed E-state index contributed by atoms with van der Waals surface area (Å²) >= 11 is 0. The van der Waals surface area contributed by atoms with Crippen LogP contribution in [0.2, 0.25) is 0 Å². The molecule has 5 aromatic rings. The third-order valence-electron chi connectivity index (χ3n) is 5.11. The molecular formula is C24H23N7O. The topological polar surface area (TPSA) is 112 Å². The Morgan fingerprint density at radius 1 is 1.03 bits per heavy atom. The number of carbonyl (C=O) groups is 1. The molecule has 0 bridgehead atoms. The molecule has 0 aliphatic heterocycles. The fraction of sp³-hybridized carbons (Fsp3) is 0.208. The molecule has 160 valence electrons. The maximum absolute atomic E-state index is 12.3. The van der Waals surface area contributed by atoms with E-state index in [0.29, 0.717) is 17.8 Å². The highest BCUT2D eigenvalue weighted by molar-refractivity contribution is 5.96. The van der Waals surface area contributed by atoms with Gasteiger partial charge in [-0.1, -0.05) is 20.8 Å². The van der Waals surface area contributed by atoms with Gasteiger partial charge in [0.2, 0.25) is 5.91 Å². The number of pyridine rings is 3. The van der Waals surface area contributed by atoms with E-state index in [4.69, 9.17) is 0 Å². The molecule has 0 saturated carbocycles. The Hall–Kier alpha value is -4.07. The van der Waals surface area contributed by atoms with Crippen molar-refractivity contribution in [1.29, 1.82) is 0 Å². The number of H-pyrrole nitrogens is 2. The Bertz CT molecular complexity index is 1410. The minimum absolute atomic E-state index is 0.0328. The summed E-state index contributed by atoms with van der Waals surface area (Å²) in [4.78, 5) is 28.8. The van der Waals surface area contributed by atoms with Crippen LogP contribution in [0, 0.1) is 5.41 Å². The van der Waals surface area contributed by atoms with Crippen LogP contribution in [0.4, 0.5) is 5.69 Å². The number of carbonyl (C=O) groups excluding carboxylic acids is 1. The van der Waals surface area contributed by atoms with E-state index >= 15 is 0 Å². The molecule has 8 heteroatoms. The number of aromatic amines is 2. The van der Waals surface area contributed by atoms with Crippen molar-refractivity contribution in [1.82, 2.24) is 30.1 Å². The van der Waals surface area contributed by atoms with Gasteiger partial charge in [-0.2, -0.15) is 5.10 Å². The molecule has 0 atom stereocenters. The first-order valence-electron chi connectivity index (χ1n) is 10.4. The summed E-state index contributed by atoms with van der Waals surface area (Å²) in [6.45, 7) is 6.11. The van der Waals surface area contributed by atoms with Gasteiger partial charge in [0.25, 0.3) is 0 Å². The van der Waals surface area contributed by atoms with Crippen molar-refractivity contribution in [3.8, 4) is 22.5 Å². The van der Waals surface area contributed by atoms with Gasteiger partial charge in [0.1, 0.15) is 11.3 Å². The molecule has 32 heavy (non-hydrogen) atoms. The smallest absolute Gasteiger partial charge is 0.224 e. The molecule has 0 fully saturated rings. The molecule has 0 unspecified atom stereocenters. The van der Waals surface area contributed by atoms with Crippen molar-refractivity contribution in [2.24, 2.45) is 5.41 Å². The summed E-state index contributed by atoms with van der Waals surface area (Å²) in [6, 6.07) is 9.87. The summed E-state index contributed by atoms with van der Waals surface area (Å²) in [5.74, 6) is -0.0328. The van der Waals surface area contributed by atoms with Crippen LogP contribution < -0.4 is 5.32 Å².